The topological polar surface area (TPSA) is 37.4 Å². The number of hydrogen-bond acceptors (Lipinski definition) is 6. The fourth-order valence-corrected chi connectivity index (χ4v) is 17.8. The summed E-state index contributed by atoms with van der Waals surface area (Å²) in [5.41, 5.74) is 5.56. The molecule has 0 N–H and O–H groups in total. The van der Waals surface area contributed by atoms with Crippen LogP contribution in [0, 0.1) is 0 Å². The number of anilines is 6. The quantitative estimate of drug-likeness (QED) is 0.153. The maximum Gasteiger partial charge on any atom is 0.239 e. The molecule has 10 rings (SSSR count). The number of rotatable bonds is 6. The molecule has 54 heavy (non-hydrogen) atoms. The third-order valence-electron chi connectivity index (χ3n) is 9.60. The second-order valence-corrected chi connectivity index (χ2v) is 23.8. The number of nitrogens with zero attached hydrogens (tertiary/aromatic N) is 3. The first-order chi connectivity index (χ1) is 26.4. The first-order valence-electron chi connectivity index (χ1n) is 17.3. The second-order valence-electron chi connectivity index (χ2n) is 12.9. The Morgan fingerprint density at radius 3 is 0.833 bits per heavy atom. The average Bonchev–Trinajstić information content (AvgIpc) is 3.83. The molecule has 7 aromatic carbocycles. The summed E-state index contributed by atoms with van der Waals surface area (Å²) in [6.45, 7) is 0. The molecule has 12 heteroatoms. The minimum absolute atomic E-state index is 0.730. The number of fused-ring (bicyclic) bond motifs is 3. The molecule has 0 aromatic heterocycles. The third kappa shape index (κ3) is 5.22. The molecule has 3 aliphatic heterocycles. The van der Waals surface area contributed by atoms with Gasteiger partial charge in [-0.15, -0.1) is 0 Å². The summed E-state index contributed by atoms with van der Waals surface area (Å²) in [4.78, 5) is 0. The minimum Gasteiger partial charge on any atom is -0.442 e. The predicted octanol–water partition coefficient (Wildman–Crippen LogP) is 11.2. The summed E-state index contributed by atoms with van der Waals surface area (Å²) >= 11 is 20.5. The van der Waals surface area contributed by atoms with Crippen LogP contribution in [-0.4, -0.2) is 0 Å². The number of benzene rings is 7. The largest absolute Gasteiger partial charge is 0.442 e. The van der Waals surface area contributed by atoms with Crippen LogP contribution in [0.2, 0.25) is 0 Å². The first kappa shape index (κ1) is 33.8. The molecule has 0 bridgehead atoms. The van der Waals surface area contributed by atoms with E-state index in [2.05, 4.69) is 86.8 Å². The number of hydrogen-bond donors (Lipinski definition) is 0. The van der Waals surface area contributed by atoms with Crippen LogP contribution in [0.15, 0.2) is 182 Å². The first-order valence-corrected chi connectivity index (χ1v) is 25.3. The van der Waals surface area contributed by atoms with Crippen LogP contribution in [0.1, 0.15) is 0 Å². The van der Waals surface area contributed by atoms with E-state index in [1.54, 1.807) is 0 Å². The molecule has 6 nitrogen and oxygen atoms in total. The zero-order valence-electron chi connectivity index (χ0n) is 28.5. The van der Waals surface area contributed by atoms with Gasteiger partial charge in [-0.05, 0) is 126 Å². The van der Waals surface area contributed by atoms with Crippen LogP contribution in [0.25, 0.3) is 0 Å². The van der Waals surface area contributed by atoms with E-state index in [9.17, 15) is 0 Å². The van der Waals surface area contributed by atoms with E-state index in [0.29, 0.717) is 0 Å². The van der Waals surface area contributed by atoms with Gasteiger partial charge in [-0.25, -0.2) is 0 Å². The molecule has 0 aliphatic carbocycles. The molecule has 0 amide bonds. The zero-order valence-corrected chi connectivity index (χ0v) is 33.6. The Bertz CT molecular complexity index is 2430. The van der Waals surface area contributed by atoms with E-state index in [4.69, 9.17) is 49.0 Å². The SMILES string of the molecule is S=P1(c2cc(P3(=S)Oc4ccccc4N3c3ccccc3)cc(P3(=S)Oc4ccccc4N3c3ccccc3)c2)Oc2ccccc2N1c1ccccc1. The highest BCUT2D eigenvalue weighted by Crippen LogP contribution is 2.69. The molecule has 264 valence electrons. The fourth-order valence-electron chi connectivity index (χ4n) is 7.23. The van der Waals surface area contributed by atoms with Crippen molar-refractivity contribution >= 4 is 105 Å². The van der Waals surface area contributed by atoms with E-state index in [1.165, 1.54) is 0 Å². The molecule has 0 spiro atoms. The van der Waals surface area contributed by atoms with Crippen LogP contribution in [0.3, 0.4) is 0 Å². The molecule has 3 heterocycles. The predicted molar refractivity (Wildman–Crippen MR) is 235 cm³/mol. The van der Waals surface area contributed by atoms with Crippen LogP contribution < -0.4 is 43.5 Å². The van der Waals surface area contributed by atoms with Crippen molar-refractivity contribution in [3.63, 3.8) is 0 Å². The second kappa shape index (κ2) is 13.0. The Labute approximate surface area is 329 Å². The van der Waals surface area contributed by atoms with Gasteiger partial charge in [0.1, 0.15) is 0 Å². The average molecular weight is 814 g/mol. The summed E-state index contributed by atoms with van der Waals surface area (Å²) in [7, 11) is 0. The van der Waals surface area contributed by atoms with Crippen molar-refractivity contribution < 1.29 is 13.6 Å². The van der Waals surface area contributed by atoms with Crippen molar-refractivity contribution in [3.05, 3.63) is 182 Å². The Hall–Kier alpha value is -4.71. The van der Waals surface area contributed by atoms with Gasteiger partial charge in [0.05, 0.1) is 17.1 Å². The Morgan fingerprint density at radius 2 is 0.556 bits per heavy atom. The van der Waals surface area contributed by atoms with Crippen molar-refractivity contribution in [1.29, 1.82) is 0 Å². The molecule has 3 unspecified atom stereocenters. The number of para-hydroxylation sites is 9. The summed E-state index contributed by atoms with van der Waals surface area (Å²) in [6, 6.07) is 61.0. The zero-order chi connectivity index (χ0) is 36.5. The van der Waals surface area contributed by atoms with Gasteiger partial charge in [-0.1, -0.05) is 91.0 Å². The van der Waals surface area contributed by atoms with Crippen LogP contribution >= 0.6 is 19.2 Å². The molecule has 7 aromatic rings. The summed E-state index contributed by atoms with van der Waals surface area (Å²) < 4.78 is 27.5. The lowest BCUT2D eigenvalue weighted by molar-refractivity contribution is 0.639. The summed E-state index contributed by atoms with van der Waals surface area (Å²) in [5.74, 6) is 2.19. The van der Waals surface area contributed by atoms with Gasteiger partial charge in [0.25, 0.3) is 0 Å². The van der Waals surface area contributed by atoms with Crippen molar-refractivity contribution in [2.45, 2.75) is 0 Å². The van der Waals surface area contributed by atoms with E-state index in [0.717, 1.165) is 67.3 Å². The van der Waals surface area contributed by atoms with Gasteiger partial charge < -0.3 is 13.6 Å². The highest BCUT2D eigenvalue weighted by atomic mass is 32.5. The van der Waals surface area contributed by atoms with Gasteiger partial charge in [0.2, 0.25) is 19.2 Å². The van der Waals surface area contributed by atoms with Gasteiger partial charge in [0.15, 0.2) is 17.2 Å². The van der Waals surface area contributed by atoms with E-state index < -0.39 is 19.2 Å². The third-order valence-corrected chi connectivity index (χ3v) is 20.6. The Balaban J connectivity index is 1.25. The molecule has 3 aliphatic rings. The highest BCUT2D eigenvalue weighted by molar-refractivity contribution is 8.18. The van der Waals surface area contributed by atoms with Crippen LogP contribution in [0.5, 0.6) is 17.2 Å². The summed E-state index contributed by atoms with van der Waals surface area (Å²) in [5, 5.41) is 2.41. The molecular formula is C42H30N3O3P3S3. The molecule has 3 atom stereocenters. The van der Waals surface area contributed by atoms with Crippen molar-refractivity contribution in [2.24, 2.45) is 0 Å². The standard InChI is InChI=1S/C42H30N3O3P3S3/c52-49(43(31-16-4-1-5-17-31)37-22-10-13-25-40(37)46-49)34-28-35(50(53)44(32-18-6-2-7-19-32)38-23-11-14-26-41(38)47-50)30-36(29-34)51(54)45(33-20-8-3-9-21-33)39-24-12-15-27-42(39)48-51/h1-30H. The lowest BCUT2D eigenvalue weighted by Crippen LogP contribution is -2.32. The van der Waals surface area contributed by atoms with E-state index in [-0.39, 0.29) is 0 Å². The summed E-state index contributed by atoms with van der Waals surface area (Å²) in [6.07, 6.45) is -9.30. The van der Waals surface area contributed by atoms with Crippen molar-refractivity contribution in [2.75, 3.05) is 14.0 Å². The molecule has 0 saturated carbocycles. The minimum atomic E-state index is -3.10. The fraction of sp³-hybridized carbons (Fsp3) is 0. The smallest absolute Gasteiger partial charge is 0.239 e. The van der Waals surface area contributed by atoms with Gasteiger partial charge >= 0.3 is 0 Å². The van der Waals surface area contributed by atoms with Gasteiger partial charge in [-0.2, -0.15) is 0 Å². The lowest BCUT2D eigenvalue weighted by Gasteiger charge is -2.34. The van der Waals surface area contributed by atoms with Gasteiger partial charge in [0, 0.05) is 33.0 Å². The van der Waals surface area contributed by atoms with Crippen molar-refractivity contribution in [1.82, 2.24) is 0 Å². The Kier molecular flexibility index (Phi) is 8.12. The Morgan fingerprint density at radius 1 is 0.315 bits per heavy atom. The lowest BCUT2D eigenvalue weighted by atomic mass is 10.2. The van der Waals surface area contributed by atoms with Crippen LogP contribution in [-0.2, 0) is 35.4 Å². The maximum atomic E-state index is 6.99. The molecule has 0 saturated heterocycles. The van der Waals surface area contributed by atoms with E-state index in [1.807, 2.05) is 109 Å². The van der Waals surface area contributed by atoms with Gasteiger partial charge in [-0.3, -0.25) is 14.0 Å². The molecular weight excluding hydrogens is 784 g/mol. The normalized spacial score (nSPS) is 22.1. The monoisotopic (exact) mass is 813 g/mol. The van der Waals surface area contributed by atoms with Crippen LogP contribution in [0.4, 0.5) is 34.1 Å². The molecule has 0 fully saturated rings. The molecule has 0 radical (unpaired) electrons. The van der Waals surface area contributed by atoms with Crippen molar-refractivity contribution in [3.8, 4) is 17.2 Å². The highest BCUT2D eigenvalue weighted by Gasteiger charge is 2.47. The maximum absolute atomic E-state index is 6.99. The van der Waals surface area contributed by atoms with E-state index >= 15 is 0 Å².